The van der Waals surface area contributed by atoms with Gasteiger partial charge in [-0.25, -0.2) is 4.79 Å². The lowest BCUT2D eigenvalue weighted by Crippen LogP contribution is -2.41. The first-order valence-electron chi connectivity index (χ1n) is 11.9. The Kier molecular flexibility index (Phi) is 7.05. The van der Waals surface area contributed by atoms with Gasteiger partial charge in [0.25, 0.3) is 5.91 Å². The van der Waals surface area contributed by atoms with Gasteiger partial charge < -0.3 is 24.0 Å². The van der Waals surface area contributed by atoms with Crippen LogP contribution in [0.3, 0.4) is 0 Å². The molecular formula is C25H36N2O5. The fraction of sp³-hybridized carbons (Fsp3) is 0.680. The van der Waals surface area contributed by atoms with Crippen molar-refractivity contribution in [2.75, 3.05) is 39.4 Å². The Labute approximate surface area is 191 Å². The lowest BCUT2D eigenvalue weighted by atomic mass is 9.89. The predicted molar refractivity (Wildman–Crippen MR) is 121 cm³/mol. The van der Waals surface area contributed by atoms with Gasteiger partial charge in [0.15, 0.2) is 6.29 Å². The fourth-order valence-corrected chi connectivity index (χ4v) is 4.83. The second kappa shape index (κ2) is 9.79. The molecule has 0 saturated carbocycles. The highest BCUT2D eigenvalue weighted by Crippen LogP contribution is 2.30. The first kappa shape index (κ1) is 23.1. The van der Waals surface area contributed by atoms with Crippen LogP contribution in [-0.4, -0.2) is 73.1 Å². The number of nitrogens with zero attached hydrogens (tertiary/aromatic N) is 2. The highest BCUT2D eigenvalue weighted by molar-refractivity contribution is 5.94. The largest absolute Gasteiger partial charge is 0.444 e. The van der Waals surface area contributed by atoms with Crippen molar-refractivity contribution in [2.24, 2.45) is 5.92 Å². The molecular weight excluding hydrogens is 408 g/mol. The molecule has 7 heteroatoms. The number of hydrogen-bond donors (Lipinski definition) is 0. The third-order valence-corrected chi connectivity index (χ3v) is 6.63. The topological polar surface area (TPSA) is 68.3 Å². The third-order valence-electron chi connectivity index (χ3n) is 6.63. The molecule has 3 fully saturated rings. The van der Waals surface area contributed by atoms with Crippen LogP contribution < -0.4 is 0 Å². The van der Waals surface area contributed by atoms with Crippen LogP contribution in [0, 0.1) is 5.92 Å². The molecule has 3 heterocycles. The molecule has 0 unspecified atom stereocenters. The first-order valence-corrected chi connectivity index (χ1v) is 11.9. The summed E-state index contributed by atoms with van der Waals surface area (Å²) in [5.41, 5.74) is 1.51. The lowest BCUT2D eigenvalue weighted by molar-refractivity contribution is -0.0956. The zero-order valence-electron chi connectivity index (χ0n) is 19.5. The van der Waals surface area contributed by atoms with E-state index in [1.54, 1.807) is 4.90 Å². The Morgan fingerprint density at radius 3 is 2.00 bits per heavy atom. The van der Waals surface area contributed by atoms with Gasteiger partial charge in [0, 0.05) is 37.7 Å². The Balaban J connectivity index is 1.26. The SMILES string of the molecule is CC(C)(C)OC(=O)N1CCC(c2ccc(C(=O)N3CCC(C4OCCO4)CC3)cc2)CC1. The van der Waals surface area contributed by atoms with Crippen molar-refractivity contribution in [3.05, 3.63) is 35.4 Å². The molecule has 3 aliphatic rings. The number of ether oxygens (including phenoxy) is 3. The van der Waals surface area contributed by atoms with E-state index in [9.17, 15) is 9.59 Å². The average molecular weight is 445 g/mol. The summed E-state index contributed by atoms with van der Waals surface area (Å²) in [7, 11) is 0. The molecule has 4 rings (SSSR count). The fourth-order valence-electron chi connectivity index (χ4n) is 4.83. The number of rotatable bonds is 3. The maximum absolute atomic E-state index is 13.0. The smallest absolute Gasteiger partial charge is 0.410 e. The molecule has 2 amide bonds. The molecule has 0 aliphatic carbocycles. The summed E-state index contributed by atoms with van der Waals surface area (Å²) in [4.78, 5) is 29.0. The molecule has 1 aromatic carbocycles. The summed E-state index contributed by atoms with van der Waals surface area (Å²) >= 11 is 0. The molecule has 0 atom stereocenters. The number of likely N-dealkylation sites (tertiary alicyclic amines) is 2. The van der Waals surface area contributed by atoms with Crippen LogP contribution in [0.2, 0.25) is 0 Å². The third kappa shape index (κ3) is 5.62. The minimum atomic E-state index is -0.469. The summed E-state index contributed by atoms with van der Waals surface area (Å²) < 4.78 is 16.7. The van der Waals surface area contributed by atoms with Crippen molar-refractivity contribution in [3.63, 3.8) is 0 Å². The molecule has 3 aliphatic heterocycles. The van der Waals surface area contributed by atoms with E-state index in [0.29, 0.717) is 38.1 Å². The summed E-state index contributed by atoms with van der Waals surface area (Å²) in [6.07, 6.45) is 3.34. The van der Waals surface area contributed by atoms with E-state index < -0.39 is 5.60 Å². The van der Waals surface area contributed by atoms with Gasteiger partial charge in [-0.1, -0.05) is 12.1 Å². The number of carbonyl (C=O) groups is 2. The summed E-state index contributed by atoms with van der Waals surface area (Å²) in [5, 5.41) is 0. The molecule has 32 heavy (non-hydrogen) atoms. The molecule has 0 bridgehead atoms. The molecule has 7 nitrogen and oxygen atoms in total. The van der Waals surface area contributed by atoms with E-state index >= 15 is 0 Å². The standard InChI is InChI=1S/C25H36N2O5/c1-25(2,3)32-24(29)27-14-8-19(9-15-27)18-4-6-20(7-5-18)22(28)26-12-10-21(11-13-26)23-30-16-17-31-23/h4-7,19,21,23H,8-17H2,1-3H3. The Bertz CT molecular complexity index is 782. The van der Waals surface area contributed by atoms with Crippen LogP contribution in [0.5, 0.6) is 0 Å². The van der Waals surface area contributed by atoms with Crippen LogP contribution in [0.4, 0.5) is 4.79 Å². The molecule has 3 saturated heterocycles. The number of benzene rings is 1. The van der Waals surface area contributed by atoms with Crippen LogP contribution in [0.15, 0.2) is 24.3 Å². The number of amides is 2. The van der Waals surface area contributed by atoms with E-state index in [-0.39, 0.29) is 18.3 Å². The molecule has 0 N–H and O–H groups in total. The second-order valence-electron chi connectivity index (χ2n) is 10.1. The molecule has 176 valence electrons. The number of piperidine rings is 2. The van der Waals surface area contributed by atoms with Crippen LogP contribution in [-0.2, 0) is 14.2 Å². The van der Waals surface area contributed by atoms with Crippen LogP contribution in [0.25, 0.3) is 0 Å². The van der Waals surface area contributed by atoms with E-state index in [4.69, 9.17) is 14.2 Å². The quantitative estimate of drug-likeness (QED) is 0.704. The van der Waals surface area contributed by atoms with Crippen molar-refractivity contribution in [1.29, 1.82) is 0 Å². The summed E-state index contributed by atoms with van der Waals surface area (Å²) in [6.45, 7) is 9.92. The van der Waals surface area contributed by atoms with E-state index in [1.165, 1.54) is 5.56 Å². The molecule has 1 aromatic rings. The van der Waals surface area contributed by atoms with Gasteiger partial charge in [-0.3, -0.25) is 4.79 Å². The average Bonchev–Trinajstić information content (AvgIpc) is 3.33. The second-order valence-corrected chi connectivity index (χ2v) is 10.1. The van der Waals surface area contributed by atoms with E-state index in [0.717, 1.165) is 44.3 Å². The first-order chi connectivity index (χ1) is 15.3. The summed E-state index contributed by atoms with van der Waals surface area (Å²) in [5.74, 6) is 0.887. The maximum atomic E-state index is 13.0. The van der Waals surface area contributed by atoms with Gasteiger partial charge in [-0.2, -0.15) is 0 Å². The predicted octanol–water partition coefficient (Wildman–Crippen LogP) is 4.03. The minimum Gasteiger partial charge on any atom is -0.444 e. The maximum Gasteiger partial charge on any atom is 0.410 e. The van der Waals surface area contributed by atoms with Gasteiger partial charge in [0.2, 0.25) is 0 Å². The van der Waals surface area contributed by atoms with Crippen molar-refractivity contribution in [1.82, 2.24) is 9.80 Å². The summed E-state index contributed by atoms with van der Waals surface area (Å²) in [6, 6.07) is 8.06. The number of carbonyl (C=O) groups excluding carboxylic acids is 2. The van der Waals surface area contributed by atoms with Gasteiger partial charge in [0.1, 0.15) is 5.60 Å². The monoisotopic (exact) mass is 444 g/mol. The highest BCUT2D eigenvalue weighted by atomic mass is 16.7. The molecule has 0 radical (unpaired) electrons. The van der Waals surface area contributed by atoms with Crippen molar-refractivity contribution in [2.45, 2.75) is 64.3 Å². The Morgan fingerprint density at radius 1 is 0.875 bits per heavy atom. The zero-order chi connectivity index (χ0) is 22.7. The van der Waals surface area contributed by atoms with Crippen LogP contribution in [0.1, 0.15) is 68.3 Å². The molecule has 0 spiro atoms. The zero-order valence-corrected chi connectivity index (χ0v) is 19.5. The van der Waals surface area contributed by atoms with Gasteiger partial charge in [-0.05, 0) is 70.1 Å². The van der Waals surface area contributed by atoms with Crippen molar-refractivity contribution < 1.29 is 23.8 Å². The normalized spacial score (nSPS) is 21.7. The lowest BCUT2D eigenvalue weighted by Gasteiger charge is -2.34. The van der Waals surface area contributed by atoms with E-state index in [2.05, 4.69) is 12.1 Å². The van der Waals surface area contributed by atoms with Gasteiger partial charge in [0.05, 0.1) is 13.2 Å². The minimum absolute atomic E-state index is 0.0896. The number of hydrogen-bond acceptors (Lipinski definition) is 5. The van der Waals surface area contributed by atoms with Gasteiger partial charge >= 0.3 is 6.09 Å². The molecule has 0 aromatic heterocycles. The van der Waals surface area contributed by atoms with Crippen molar-refractivity contribution in [3.8, 4) is 0 Å². The van der Waals surface area contributed by atoms with E-state index in [1.807, 2.05) is 37.8 Å². The Morgan fingerprint density at radius 2 is 1.44 bits per heavy atom. The van der Waals surface area contributed by atoms with Crippen molar-refractivity contribution >= 4 is 12.0 Å². The van der Waals surface area contributed by atoms with Gasteiger partial charge in [-0.15, -0.1) is 0 Å². The highest BCUT2D eigenvalue weighted by Gasteiger charge is 2.32. The van der Waals surface area contributed by atoms with Crippen LogP contribution >= 0.6 is 0 Å². The Hall–Kier alpha value is -2.12.